The maximum atomic E-state index is 12.8. The van der Waals surface area contributed by atoms with E-state index < -0.39 is 0 Å². The van der Waals surface area contributed by atoms with E-state index >= 15 is 0 Å². The second kappa shape index (κ2) is 8.49. The van der Waals surface area contributed by atoms with Gasteiger partial charge in [0.15, 0.2) is 17.6 Å². The molecule has 0 spiro atoms. The molecule has 0 bridgehead atoms. The van der Waals surface area contributed by atoms with Gasteiger partial charge in [-0.15, -0.1) is 0 Å². The van der Waals surface area contributed by atoms with Crippen molar-refractivity contribution < 1.29 is 23.5 Å². The number of hydrogen-bond donors (Lipinski definition) is 0. The summed E-state index contributed by atoms with van der Waals surface area (Å²) in [5.41, 5.74) is 2.34. The minimum Gasteiger partial charge on any atom is -0.489 e. The second-order valence-corrected chi connectivity index (χ2v) is 7.30. The molecular formula is C23H24N2O5. The zero-order chi connectivity index (χ0) is 21.1. The van der Waals surface area contributed by atoms with Crippen molar-refractivity contribution in [3.05, 3.63) is 71.1 Å². The van der Waals surface area contributed by atoms with Crippen LogP contribution in [0.15, 0.2) is 53.1 Å². The Morgan fingerprint density at radius 2 is 1.87 bits per heavy atom. The number of ether oxygens (including phenoxy) is 3. The average molecular weight is 408 g/mol. The third kappa shape index (κ3) is 4.25. The molecule has 1 aliphatic heterocycles. The van der Waals surface area contributed by atoms with Gasteiger partial charge in [-0.25, -0.2) is 0 Å². The first-order valence-electron chi connectivity index (χ1n) is 9.80. The molecule has 7 nitrogen and oxygen atoms in total. The predicted octanol–water partition coefficient (Wildman–Crippen LogP) is 3.78. The SMILES string of the molecule is Cc1noc(C)c1COc1ccc(C(=O)N(C)CC2COc3ccccc3O2)cc1. The largest absolute Gasteiger partial charge is 0.489 e. The Hall–Kier alpha value is -3.48. The molecule has 0 saturated carbocycles. The van der Waals surface area contributed by atoms with E-state index in [9.17, 15) is 4.79 Å². The van der Waals surface area contributed by atoms with E-state index in [4.69, 9.17) is 18.7 Å². The molecule has 2 aromatic carbocycles. The van der Waals surface area contributed by atoms with E-state index in [0.717, 1.165) is 22.8 Å². The highest BCUT2D eigenvalue weighted by molar-refractivity contribution is 5.94. The summed E-state index contributed by atoms with van der Waals surface area (Å²) in [5.74, 6) is 2.77. The first-order chi connectivity index (χ1) is 14.5. The fourth-order valence-electron chi connectivity index (χ4n) is 3.32. The molecule has 7 heteroatoms. The zero-order valence-corrected chi connectivity index (χ0v) is 17.3. The average Bonchev–Trinajstić information content (AvgIpc) is 3.09. The van der Waals surface area contributed by atoms with E-state index in [1.165, 1.54) is 0 Å². The number of likely N-dealkylation sites (N-methyl/N-ethyl adjacent to an activating group) is 1. The van der Waals surface area contributed by atoms with E-state index in [-0.39, 0.29) is 12.0 Å². The number of carbonyl (C=O) groups excluding carboxylic acids is 1. The van der Waals surface area contributed by atoms with Crippen LogP contribution in [0, 0.1) is 13.8 Å². The molecule has 1 aliphatic rings. The van der Waals surface area contributed by atoms with Crippen LogP contribution >= 0.6 is 0 Å². The molecule has 0 radical (unpaired) electrons. The maximum absolute atomic E-state index is 12.8. The minimum atomic E-state index is -0.216. The van der Waals surface area contributed by atoms with Crippen molar-refractivity contribution in [3.8, 4) is 17.2 Å². The number of aromatic nitrogens is 1. The fraction of sp³-hybridized carbons (Fsp3) is 0.304. The van der Waals surface area contributed by atoms with E-state index in [1.54, 1.807) is 36.2 Å². The third-order valence-corrected chi connectivity index (χ3v) is 5.06. The summed E-state index contributed by atoms with van der Waals surface area (Å²) in [6.07, 6.45) is -0.216. The number of rotatable bonds is 6. The zero-order valence-electron chi connectivity index (χ0n) is 17.3. The van der Waals surface area contributed by atoms with Crippen LogP contribution in [0.2, 0.25) is 0 Å². The smallest absolute Gasteiger partial charge is 0.253 e. The lowest BCUT2D eigenvalue weighted by molar-refractivity contribution is 0.0521. The number of carbonyl (C=O) groups is 1. The van der Waals surface area contributed by atoms with Gasteiger partial charge in [0.05, 0.1) is 17.8 Å². The molecule has 4 rings (SSSR count). The molecule has 1 amide bonds. The predicted molar refractivity (Wildman–Crippen MR) is 110 cm³/mol. The third-order valence-electron chi connectivity index (χ3n) is 5.06. The molecule has 1 unspecified atom stereocenters. The standard InChI is InChI=1S/C23H24N2O5/c1-15-20(16(2)30-24-15)14-27-18-10-8-17(9-11-18)23(26)25(3)12-19-13-28-21-6-4-5-7-22(21)29-19/h4-11,19H,12-14H2,1-3H3. The number of aryl methyl sites for hydroxylation is 2. The summed E-state index contributed by atoms with van der Waals surface area (Å²) in [5, 5.41) is 3.92. The first kappa shape index (κ1) is 19.8. The number of benzene rings is 2. The second-order valence-electron chi connectivity index (χ2n) is 7.30. The van der Waals surface area contributed by atoms with Crippen molar-refractivity contribution in [2.75, 3.05) is 20.2 Å². The van der Waals surface area contributed by atoms with Gasteiger partial charge < -0.3 is 23.6 Å². The van der Waals surface area contributed by atoms with Crippen molar-refractivity contribution in [1.29, 1.82) is 0 Å². The van der Waals surface area contributed by atoms with Crippen LogP contribution in [0.25, 0.3) is 0 Å². The molecule has 0 saturated heterocycles. The lowest BCUT2D eigenvalue weighted by Crippen LogP contribution is -2.41. The molecule has 3 aromatic rings. The molecule has 30 heavy (non-hydrogen) atoms. The fourth-order valence-corrected chi connectivity index (χ4v) is 3.32. The molecule has 1 aromatic heterocycles. The molecule has 0 aliphatic carbocycles. The van der Waals surface area contributed by atoms with Crippen molar-refractivity contribution in [2.45, 2.75) is 26.6 Å². The van der Waals surface area contributed by atoms with E-state index in [1.807, 2.05) is 38.1 Å². The van der Waals surface area contributed by atoms with Crippen molar-refractivity contribution in [2.24, 2.45) is 0 Å². The monoisotopic (exact) mass is 408 g/mol. The lowest BCUT2D eigenvalue weighted by Gasteiger charge is -2.29. The van der Waals surface area contributed by atoms with Crippen LogP contribution in [0.4, 0.5) is 0 Å². The van der Waals surface area contributed by atoms with Crippen molar-refractivity contribution in [1.82, 2.24) is 10.1 Å². The van der Waals surface area contributed by atoms with Crippen LogP contribution in [0.3, 0.4) is 0 Å². The van der Waals surface area contributed by atoms with Gasteiger partial charge in [0, 0.05) is 12.6 Å². The maximum Gasteiger partial charge on any atom is 0.253 e. The van der Waals surface area contributed by atoms with Crippen LogP contribution in [0.1, 0.15) is 27.4 Å². The Labute approximate surface area is 175 Å². The normalized spacial score (nSPS) is 15.0. The summed E-state index contributed by atoms with van der Waals surface area (Å²) in [4.78, 5) is 14.4. The number of amides is 1. The van der Waals surface area contributed by atoms with E-state index in [2.05, 4.69) is 5.16 Å². The van der Waals surface area contributed by atoms with Gasteiger partial charge in [-0.2, -0.15) is 0 Å². The molecule has 0 N–H and O–H groups in total. The summed E-state index contributed by atoms with van der Waals surface area (Å²) < 4.78 is 22.6. The Morgan fingerprint density at radius 1 is 1.13 bits per heavy atom. The highest BCUT2D eigenvalue weighted by atomic mass is 16.6. The van der Waals surface area contributed by atoms with Crippen LogP contribution in [-0.4, -0.2) is 42.3 Å². The number of nitrogens with zero attached hydrogens (tertiary/aromatic N) is 2. The van der Waals surface area contributed by atoms with Gasteiger partial charge >= 0.3 is 0 Å². The van der Waals surface area contributed by atoms with Crippen LogP contribution < -0.4 is 14.2 Å². The number of para-hydroxylation sites is 2. The minimum absolute atomic E-state index is 0.0882. The van der Waals surface area contributed by atoms with Gasteiger partial charge in [-0.1, -0.05) is 17.3 Å². The van der Waals surface area contributed by atoms with Crippen LogP contribution in [-0.2, 0) is 6.61 Å². The van der Waals surface area contributed by atoms with Gasteiger partial charge in [0.25, 0.3) is 5.91 Å². The molecule has 2 heterocycles. The number of hydrogen-bond acceptors (Lipinski definition) is 6. The van der Waals surface area contributed by atoms with E-state index in [0.29, 0.717) is 36.8 Å². The Bertz CT molecular complexity index is 1010. The Kier molecular flexibility index (Phi) is 5.61. The van der Waals surface area contributed by atoms with Crippen molar-refractivity contribution in [3.63, 3.8) is 0 Å². The topological polar surface area (TPSA) is 74.0 Å². The quantitative estimate of drug-likeness (QED) is 0.618. The van der Waals surface area contributed by atoms with Gasteiger partial charge in [0.1, 0.15) is 24.7 Å². The molecule has 0 fully saturated rings. The number of fused-ring (bicyclic) bond motifs is 1. The summed E-state index contributed by atoms with van der Waals surface area (Å²) in [6, 6.07) is 14.6. The van der Waals surface area contributed by atoms with Gasteiger partial charge in [-0.05, 0) is 50.2 Å². The van der Waals surface area contributed by atoms with Gasteiger partial charge in [0.2, 0.25) is 0 Å². The highest BCUT2D eigenvalue weighted by Gasteiger charge is 2.24. The lowest BCUT2D eigenvalue weighted by atomic mass is 10.2. The van der Waals surface area contributed by atoms with Crippen LogP contribution in [0.5, 0.6) is 17.2 Å². The van der Waals surface area contributed by atoms with Crippen molar-refractivity contribution >= 4 is 5.91 Å². The summed E-state index contributed by atoms with van der Waals surface area (Å²) >= 11 is 0. The first-order valence-corrected chi connectivity index (χ1v) is 9.80. The van der Waals surface area contributed by atoms with Gasteiger partial charge in [-0.3, -0.25) is 4.79 Å². The highest BCUT2D eigenvalue weighted by Crippen LogP contribution is 2.31. The summed E-state index contributed by atoms with van der Waals surface area (Å²) in [6.45, 7) is 4.94. The summed E-state index contributed by atoms with van der Waals surface area (Å²) in [7, 11) is 1.76. The Morgan fingerprint density at radius 3 is 2.57 bits per heavy atom. The Balaban J connectivity index is 1.33. The molecule has 156 valence electrons. The molecular weight excluding hydrogens is 384 g/mol. The molecule has 1 atom stereocenters.